The predicted molar refractivity (Wildman–Crippen MR) is 161 cm³/mol. The van der Waals surface area contributed by atoms with Gasteiger partial charge in [0.2, 0.25) is 11.8 Å². The normalized spacial score (nSPS) is 17.6. The summed E-state index contributed by atoms with van der Waals surface area (Å²) in [6, 6.07) is 14.5. The molecule has 0 bridgehead atoms. The number of nitrogens with zero attached hydrogens (tertiary/aromatic N) is 3. The fourth-order valence-electron chi connectivity index (χ4n) is 5.53. The molecule has 2 amide bonds. The lowest BCUT2D eigenvalue weighted by molar-refractivity contribution is -0.125. The molecule has 5 rings (SSSR count). The highest BCUT2D eigenvalue weighted by atomic mass is 35.5. The molecular weight excluding hydrogens is 562 g/mol. The van der Waals surface area contributed by atoms with Gasteiger partial charge in [-0.2, -0.15) is 0 Å². The first-order chi connectivity index (χ1) is 19.6. The van der Waals surface area contributed by atoms with Crippen LogP contribution in [0.15, 0.2) is 65.7 Å². The second-order valence-corrected chi connectivity index (χ2v) is 12.8. The van der Waals surface area contributed by atoms with Crippen molar-refractivity contribution >= 4 is 50.6 Å². The number of sulfonamides is 1. The van der Waals surface area contributed by atoms with Crippen molar-refractivity contribution in [2.24, 2.45) is 5.92 Å². The van der Waals surface area contributed by atoms with Crippen LogP contribution >= 0.6 is 11.6 Å². The van der Waals surface area contributed by atoms with Crippen molar-refractivity contribution in [1.82, 2.24) is 10.3 Å². The molecule has 1 aromatic heterocycles. The number of aromatic nitrogens is 1. The molecule has 3 aromatic rings. The van der Waals surface area contributed by atoms with E-state index in [9.17, 15) is 18.0 Å². The van der Waals surface area contributed by atoms with Crippen molar-refractivity contribution in [3.8, 4) is 0 Å². The molecule has 1 saturated heterocycles. The molecule has 41 heavy (non-hydrogen) atoms. The minimum Gasteiger partial charge on any atom is -0.357 e. The molecule has 1 atom stereocenters. The van der Waals surface area contributed by atoms with Gasteiger partial charge in [-0.1, -0.05) is 29.8 Å². The Hall–Kier alpha value is -3.63. The zero-order chi connectivity index (χ0) is 29.1. The van der Waals surface area contributed by atoms with Crippen LogP contribution in [0.25, 0.3) is 0 Å². The molecule has 0 radical (unpaired) electrons. The Morgan fingerprint density at radius 3 is 2.54 bits per heavy atom. The highest BCUT2D eigenvalue weighted by Gasteiger charge is 2.42. The number of hydrogen-bond acceptors (Lipinski definition) is 6. The zero-order valence-electron chi connectivity index (χ0n) is 23.1. The lowest BCUT2D eigenvalue weighted by Gasteiger charge is -2.37. The van der Waals surface area contributed by atoms with Gasteiger partial charge in [0.15, 0.2) is 0 Å². The number of amides is 2. The van der Waals surface area contributed by atoms with Crippen LogP contribution < -0.4 is 19.8 Å². The summed E-state index contributed by atoms with van der Waals surface area (Å²) in [5.74, 6) is 0.524. The van der Waals surface area contributed by atoms with Crippen LogP contribution in [0.5, 0.6) is 0 Å². The summed E-state index contributed by atoms with van der Waals surface area (Å²) in [5.41, 5.74) is 1.75. The predicted octanol–water partition coefficient (Wildman–Crippen LogP) is 4.68. The average molecular weight is 596 g/mol. The average Bonchev–Trinajstić information content (AvgIpc) is 2.96. The highest BCUT2D eigenvalue weighted by Crippen LogP contribution is 2.38. The first-order valence-electron chi connectivity index (χ1n) is 13.8. The minimum atomic E-state index is -4.21. The molecular formula is C30H34ClN5O4S. The van der Waals surface area contributed by atoms with Crippen LogP contribution in [0.2, 0.25) is 5.02 Å². The molecule has 0 aliphatic carbocycles. The standard InChI is InChI=1S/C30H34ClN5O4S/c1-20-18-27(21(2)17-23(20)31)41(39,40)36-25-8-4-3-7-24(25)34-30(38)26(36)19-29(37)33-14-10-22-11-15-35(16-12-22)28-9-5-6-13-32-28/h3-9,13,17-18,22,26H,10-12,14-16,19H2,1-2H3,(H,33,37)(H,34,38). The maximum Gasteiger partial charge on any atom is 0.265 e. The Kier molecular flexibility index (Phi) is 8.51. The SMILES string of the molecule is Cc1cc(S(=O)(=O)N2c3ccccc3NC(=O)C2CC(=O)NCCC2CCN(c3ccccn3)CC2)c(C)cc1Cl. The number of pyridine rings is 1. The Morgan fingerprint density at radius 2 is 1.80 bits per heavy atom. The molecule has 1 unspecified atom stereocenters. The number of nitrogens with one attached hydrogen (secondary N) is 2. The van der Waals surface area contributed by atoms with E-state index in [1.54, 1.807) is 50.4 Å². The molecule has 0 spiro atoms. The van der Waals surface area contributed by atoms with Gasteiger partial charge < -0.3 is 15.5 Å². The molecule has 2 aliphatic rings. The maximum atomic E-state index is 14.1. The quantitative estimate of drug-likeness (QED) is 0.391. The van der Waals surface area contributed by atoms with Crippen molar-refractivity contribution in [2.75, 3.05) is 34.2 Å². The summed E-state index contributed by atoms with van der Waals surface area (Å²) in [5, 5.41) is 6.15. The van der Waals surface area contributed by atoms with Gasteiger partial charge in [-0.25, -0.2) is 13.4 Å². The lowest BCUT2D eigenvalue weighted by atomic mass is 9.93. The van der Waals surface area contributed by atoms with E-state index >= 15 is 0 Å². The number of rotatable bonds is 8. The number of halogens is 1. The number of piperidine rings is 1. The van der Waals surface area contributed by atoms with E-state index in [1.165, 1.54) is 6.07 Å². The number of para-hydroxylation sites is 2. The Labute approximate surface area is 246 Å². The zero-order valence-corrected chi connectivity index (χ0v) is 24.7. The summed E-state index contributed by atoms with van der Waals surface area (Å²) in [6.07, 6.45) is 4.31. The van der Waals surface area contributed by atoms with E-state index in [0.717, 1.165) is 42.5 Å². The maximum absolute atomic E-state index is 14.1. The molecule has 0 saturated carbocycles. The van der Waals surface area contributed by atoms with E-state index in [0.29, 0.717) is 40.0 Å². The van der Waals surface area contributed by atoms with Gasteiger partial charge in [0.05, 0.1) is 22.7 Å². The number of carbonyl (C=O) groups is 2. The third-order valence-corrected chi connectivity index (χ3v) is 10.2. The lowest BCUT2D eigenvalue weighted by Crippen LogP contribution is -2.53. The fraction of sp³-hybridized carbons (Fsp3) is 0.367. The summed E-state index contributed by atoms with van der Waals surface area (Å²) in [7, 11) is -4.21. The van der Waals surface area contributed by atoms with E-state index in [1.807, 2.05) is 18.2 Å². The second-order valence-electron chi connectivity index (χ2n) is 10.7. The van der Waals surface area contributed by atoms with Gasteiger partial charge >= 0.3 is 0 Å². The van der Waals surface area contributed by atoms with Crippen LogP contribution in [0, 0.1) is 19.8 Å². The van der Waals surface area contributed by atoms with E-state index in [-0.39, 0.29) is 17.2 Å². The second kappa shape index (κ2) is 12.1. The molecule has 1 fully saturated rings. The molecule has 2 aliphatic heterocycles. The Balaban J connectivity index is 1.27. The monoisotopic (exact) mass is 595 g/mol. The van der Waals surface area contributed by atoms with Gasteiger partial charge in [0.1, 0.15) is 11.9 Å². The molecule has 11 heteroatoms. The van der Waals surface area contributed by atoms with Crippen LogP contribution in [0.3, 0.4) is 0 Å². The van der Waals surface area contributed by atoms with E-state index in [4.69, 9.17) is 11.6 Å². The molecule has 216 valence electrons. The third kappa shape index (κ3) is 6.18. The van der Waals surface area contributed by atoms with Crippen molar-refractivity contribution in [3.63, 3.8) is 0 Å². The van der Waals surface area contributed by atoms with Gasteiger partial charge in [-0.3, -0.25) is 13.9 Å². The number of anilines is 3. The number of fused-ring (bicyclic) bond motifs is 1. The van der Waals surface area contributed by atoms with Gasteiger partial charge in [-0.15, -0.1) is 0 Å². The largest absolute Gasteiger partial charge is 0.357 e. The van der Waals surface area contributed by atoms with Gasteiger partial charge in [-0.05, 0) is 86.6 Å². The summed E-state index contributed by atoms with van der Waals surface area (Å²) >= 11 is 6.23. The first-order valence-corrected chi connectivity index (χ1v) is 15.6. The summed E-state index contributed by atoms with van der Waals surface area (Å²) in [4.78, 5) is 33.0. The van der Waals surface area contributed by atoms with Gasteiger partial charge in [0, 0.05) is 30.9 Å². The number of hydrogen-bond donors (Lipinski definition) is 2. The van der Waals surface area contributed by atoms with Gasteiger partial charge in [0.25, 0.3) is 10.0 Å². The fourth-order valence-corrected chi connectivity index (χ4v) is 7.67. The van der Waals surface area contributed by atoms with Crippen LogP contribution in [-0.2, 0) is 19.6 Å². The molecule has 3 heterocycles. The van der Waals surface area contributed by atoms with E-state index in [2.05, 4.69) is 20.5 Å². The van der Waals surface area contributed by atoms with Crippen LogP contribution in [0.1, 0.15) is 36.8 Å². The minimum absolute atomic E-state index is 0.0476. The van der Waals surface area contributed by atoms with Crippen molar-refractivity contribution in [2.45, 2.75) is 50.5 Å². The Bertz CT molecular complexity index is 1540. The first kappa shape index (κ1) is 28.9. The number of aryl methyl sites for hydroxylation is 2. The molecule has 2 N–H and O–H groups in total. The number of carbonyl (C=O) groups excluding carboxylic acids is 2. The van der Waals surface area contributed by atoms with Crippen molar-refractivity contribution in [1.29, 1.82) is 0 Å². The van der Waals surface area contributed by atoms with Crippen LogP contribution in [-0.4, -0.2) is 50.9 Å². The topological polar surface area (TPSA) is 112 Å². The van der Waals surface area contributed by atoms with Crippen molar-refractivity contribution in [3.05, 3.63) is 76.9 Å². The molecule has 2 aromatic carbocycles. The van der Waals surface area contributed by atoms with Crippen LogP contribution in [0.4, 0.5) is 17.2 Å². The molecule has 9 nitrogen and oxygen atoms in total. The Morgan fingerprint density at radius 1 is 1.07 bits per heavy atom. The van der Waals surface area contributed by atoms with Crippen molar-refractivity contribution < 1.29 is 18.0 Å². The summed E-state index contributed by atoms with van der Waals surface area (Å²) in [6.45, 7) is 5.67. The van der Waals surface area contributed by atoms with E-state index < -0.39 is 22.0 Å². The number of benzene rings is 2. The summed E-state index contributed by atoms with van der Waals surface area (Å²) < 4.78 is 29.3. The smallest absolute Gasteiger partial charge is 0.265 e. The third-order valence-electron chi connectivity index (χ3n) is 7.82. The highest BCUT2D eigenvalue weighted by molar-refractivity contribution is 7.93.